The number of nitrogens with one attached hydrogen (secondary N) is 1. The minimum atomic E-state index is -1.02. The Kier molecular flexibility index (Phi) is 4.29. The molecule has 0 amide bonds. The van der Waals surface area contributed by atoms with Gasteiger partial charge >= 0.3 is 5.97 Å². The first kappa shape index (κ1) is 15.7. The van der Waals surface area contributed by atoms with Crippen LogP contribution in [0.25, 0.3) is 11.1 Å². The van der Waals surface area contributed by atoms with E-state index in [1.165, 1.54) is 12.1 Å². The van der Waals surface area contributed by atoms with E-state index in [0.29, 0.717) is 11.4 Å². The molecule has 0 spiro atoms. The summed E-state index contributed by atoms with van der Waals surface area (Å²) in [6.45, 7) is 2.01. The maximum atomic E-state index is 13.0. The van der Waals surface area contributed by atoms with Crippen LogP contribution >= 0.6 is 0 Å². The quantitative estimate of drug-likeness (QED) is 0.690. The highest BCUT2D eigenvalue weighted by atomic mass is 19.1. The number of carbonyl (C=O) groups is 1. The number of carboxylic acids is 1. The topological polar surface area (TPSA) is 49.3 Å². The predicted octanol–water partition coefficient (Wildman–Crippen LogP) is 5.24. The molecule has 0 fully saturated rings. The molecule has 0 aromatic heterocycles. The summed E-state index contributed by atoms with van der Waals surface area (Å²) in [6.07, 6.45) is 0. The van der Waals surface area contributed by atoms with Crippen molar-refractivity contribution in [3.63, 3.8) is 0 Å². The van der Waals surface area contributed by atoms with Crippen molar-refractivity contribution in [1.29, 1.82) is 0 Å². The lowest BCUT2D eigenvalue weighted by atomic mass is 10.0. The van der Waals surface area contributed by atoms with Gasteiger partial charge in [0.2, 0.25) is 0 Å². The van der Waals surface area contributed by atoms with Gasteiger partial charge in [0.05, 0.1) is 11.3 Å². The smallest absolute Gasteiger partial charge is 0.337 e. The second kappa shape index (κ2) is 6.54. The Balaban J connectivity index is 2.03. The van der Waals surface area contributed by atoms with Crippen LogP contribution in [0.4, 0.5) is 15.8 Å². The number of hydrogen-bond acceptors (Lipinski definition) is 2. The highest BCUT2D eigenvalue weighted by Gasteiger charge is 2.12. The van der Waals surface area contributed by atoms with Crippen molar-refractivity contribution in [2.24, 2.45) is 0 Å². The van der Waals surface area contributed by atoms with Gasteiger partial charge in [-0.15, -0.1) is 0 Å². The molecule has 120 valence electrons. The van der Waals surface area contributed by atoms with Gasteiger partial charge in [0.1, 0.15) is 5.82 Å². The summed E-state index contributed by atoms with van der Waals surface area (Å²) in [5.41, 5.74) is 4.30. The van der Waals surface area contributed by atoms with Crippen molar-refractivity contribution in [3.05, 3.63) is 83.7 Å². The fourth-order valence-electron chi connectivity index (χ4n) is 2.53. The zero-order chi connectivity index (χ0) is 17.1. The van der Waals surface area contributed by atoms with Crippen LogP contribution in [0.2, 0.25) is 0 Å². The molecule has 3 rings (SSSR count). The Morgan fingerprint density at radius 1 is 0.958 bits per heavy atom. The molecule has 0 heterocycles. The second-order valence-corrected chi connectivity index (χ2v) is 5.57. The van der Waals surface area contributed by atoms with Crippen molar-refractivity contribution in [3.8, 4) is 11.1 Å². The molecule has 0 atom stereocenters. The third kappa shape index (κ3) is 3.43. The maximum absolute atomic E-state index is 13.0. The van der Waals surface area contributed by atoms with Crippen LogP contribution in [-0.2, 0) is 0 Å². The fraction of sp³-hybridized carbons (Fsp3) is 0.0500. The fourth-order valence-corrected chi connectivity index (χ4v) is 2.53. The molecule has 2 N–H and O–H groups in total. The number of benzene rings is 3. The molecule has 0 aliphatic heterocycles. The lowest BCUT2D eigenvalue weighted by molar-refractivity contribution is 0.0698. The average Bonchev–Trinajstić information content (AvgIpc) is 2.57. The number of hydrogen-bond donors (Lipinski definition) is 2. The summed E-state index contributed by atoms with van der Waals surface area (Å²) in [4.78, 5) is 11.5. The summed E-state index contributed by atoms with van der Waals surface area (Å²) in [7, 11) is 0. The zero-order valence-corrected chi connectivity index (χ0v) is 13.1. The number of anilines is 2. The van der Waals surface area contributed by atoms with Crippen LogP contribution in [0.15, 0.2) is 66.7 Å². The van der Waals surface area contributed by atoms with Gasteiger partial charge in [-0.25, -0.2) is 9.18 Å². The van der Waals surface area contributed by atoms with Gasteiger partial charge in [-0.3, -0.25) is 0 Å². The first-order valence-electron chi connectivity index (χ1n) is 7.50. The molecule has 0 unspecified atom stereocenters. The molecule has 24 heavy (non-hydrogen) atoms. The van der Waals surface area contributed by atoms with E-state index in [1.54, 1.807) is 30.3 Å². The summed E-state index contributed by atoms with van der Waals surface area (Å²) in [6, 6.07) is 18.9. The Bertz CT molecular complexity index is 888. The van der Waals surface area contributed by atoms with Gasteiger partial charge in [0.25, 0.3) is 0 Å². The molecule has 3 nitrogen and oxygen atoms in total. The average molecular weight is 321 g/mol. The van der Waals surface area contributed by atoms with Crippen molar-refractivity contribution in [2.75, 3.05) is 5.32 Å². The Labute approximate surface area is 139 Å². The van der Waals surface area contributed by atoms with Gasteiger partial charge in [0, 0.05) is 5.69 Å². The molecule has 0 saturated heterocycles. The van der Waals surface area contributed by atoms with E-state index in [0.717, 1.165) is 16.7 Å². The van der Waals surface area contributed by atoms with Gasteiger partial charge in [0.15, 0.2) is 0 Å². The van der Waals surface area contributed by atoms with E-state index in [1.807, 2.05) is 31.2 Å². The van der Waals surface area contributed by atoms with Crippen molar-refractivity contribution in [1.82, 2.24) is 0 Å². The van der Waals surface area contributed by atoms with Gasteiger partial charge in [-0.05, 0) is 54.4 Å². The lowest BCUT2D eigenvalue weighted by Crippen LogP contribution is -2.03. The van der Waals surface area contributed by atoms with E-state index in [-0.39, 0.29) is 11.4 Å². The molecule has 0 aliphatic carbocycles. The van der Waals surface area contributed by atoms with Gasteiger partial charge < -0.3 is 10.4 Å². The normalized spacial score (nSPS) is 10.4. The molecule has 0 radical (unpaired) electrons. The molecule has 3 aromatic carbocycles. The Hall–Kier alpha value is -3.14. The van der Waals surface area contributed by atoms with E-state index < -0.39 is 5.97 Å². The van der Waals surface area contributed by atoms with Crippen LogP contribution in [-0.4, -0.2) is 11.1 Å². The largest absolute Gasteiger partial charge is 0.478 e. The van der Waals surface area contributed by atoms with Crippen molar-refractivity contribution >= 4 is 17.3 Å². The first-order chi connectivity index (χ1) is 11.5. The second-order valence-electron chi connectivity index (χ2n) is 5.57. The molecular formula is C20H16FNO2. The molecule has 0 aliphatic rings. The molecular weight excluding hydrogens is 305 g/mol. The Morgan fingerprint density at radius 3 is 2.33 bits per heavy atom. The monoisotopic (exact) mass is 321 g/mol. The number of carboxylic acid groups (broad SMARTS) is 1. The van der Waals surface area contributed by atoms with Crippen LogP contribution in [0, 0.1) is 12.7 Å². The highest BCUT2D eigenvalue weighted by molar-refractivity contribution is 5.96. The van der Waals surface area contributed by atoms with Crippen LogP contribution < -0.4 is 5.32 Å². The first-order valence-corrected chi connectivity index (χ1v) is 7.50. The zero-order valence-electron chi connectivity index (χ0n) is 13.1. The van der Waals surface area contributed by atoms with Gasteiger partial charge in [-0.2, -0.15) is 0 Å². The van der Waals surface area contributed by atoms with Crippen molar-refractivity contribution < 1.29 is 14.3 Å². The molecule has 4 heteroatoms. The van der Waals surface area contributed by atoms with Crippen LogP contribution in [0.3, 0.4) is 0 Å². The van der Waals surface area contributed by atoms with E-state index in [9.17, 15) is 14.3 Å². The van der Waals surface area contributed by atoms with E-state index in [4.69, 9.17) is 0 Å². The molecule has 0 saturated carbocycles. The molecule has 0 bridgehead atoms. The lowest BCUT2D eigenvalue weighted by Gasteiger charge is -2.12. The maximum Gasteiger partial charge on any atom is 0.337 e. The van der Waals surface area contributed by atoms with Gasteiger partial charge in [-0.1, -0.05) is 35.9 Å². The minimum absolute atomic E-state index is 0.163. The summed E-state index contributed by atoms with van der Waals surface area (Å²) < 4.78 is 13.0. The summed E-state index contributed by atoms with van der Waals surface area (Å²) in [5.74, 6) is -1.36. The number of rotatable bonds is 4. The summed E-state index contributed by atoms with van der Waals surface area (Å²) >= 11 is 0. The predicted molar refractivity (Wildman–Crippen MR) is 93.3 cm³/mol. The van der Waals surface area contributed by atoms with E-state index >= 15 is 0 Å². The Morgan fingerprint density at radius 2 is 1.67 bits per heavy atom. The molecule has 3 aromatic rings. The third-order valence-electron chi connectivity index (χ3n) is 3.72. The number of aryl methyl sites for hydroxylation is 1. The van der Waals surface area contributed by atoms with Crippen LogP contribution in [0.1, 0.15) is 15.9 Å². The van der Waals surface area contributed by atoms with Crippen molar-refractivity contribution in [2.45, 2.75) is 6.92 Å². The number of aromatic carboxylic acids is 1. The van der Waals surface area contributed by atoms with E-state index in [2.05, 4.69) is 5.32 Å². The minimum Gasteiger partial charge on any atom is -0.478 e. The SMILES string of the molecule is Cc1cccc(-c2ccc(C(=O)O)c(Nc3ccc(F)cc3)c2)c1. The standard InChI is InChI=1S/C20H16FNO2/c1-13-3-2-4-14(11-13)15-5-10-18(20(23)24)19(12-15)22-17-8-6-16(21)7-9-17/h2-12,22H,1H3,(H,23,24). The summed E-state index contributed by atoms with van der Waals surface area (Å²) in [5, 5.41) is 12.5. The van der Waals surface area contributed by atoms with Crippen LogP contribution in [0.5, 0.6) is 0 Å². The highest BCUT2D eigenvalue weighted by Crippen LogP contribution is 2.28. The third-order valence-corrected chi connectivity index (χ3v) is 3.72. The number of halogens is 1.